The van der Waals surface area contributed by atoms with Gasteiger partial charge in [-0.05, 0) is 18.6 Å². The van der Waals surface area contributed by atoms with Crippen LogP contribution in [0.2, 0.25) is 0 Å². The molecule has 0 bridgehead atoms. The Hall–Kier alpha value is -2.05. The Balaban J connectivity index is 1.76. The molecule has 0 amide bonds. The van der Waals surface area contributed by atoms with Crippen molar-refractivity contribution in [2.75, 3.05) is 13.2 Å². The molecule has 0 fully saturated rings. The molecule has 2 aromatic rings. The van der Waals surface area contributed by atoms with Gasteiger partial charge in [0.1, 0.15) is 16.4 Å². The lowest BCUT2D eigenvalue weighted by Gasteiger charge is -2.18. The first-order valence-electron chi connectivity index (χ1n) is 8.08. The van der Waals surface area contributed by atoms with Gasteiger partial charge in [0.05, 0.1) is 13.2 Å². The largest absolute Gasteiger partial charge is 0.493 e. The van der Waals surface area contributed by atoms with Crippen molar-refractivity contribution in [3.05, 3.63) is 53.1 Å². The summed E-state index contributed by atoms with van der Waals surface area (Å²) in [7, 11) is -3.71. The van der Waals surface area contributed by atoms with Crippen LogP contribution in [0.5, 0.6) is 11.5 Å². The monoisotopic (exact) mass is 345 g/mol. The van der Waals surface area contributed by atoms with E-state index in [1.165, 1.54) is 0 Å². The lowest BCUT2D eigenvalue weighted by atomic mass is 10.1. The molecule has 0 saturated heterocycles. The van der Waals surface area contributed by atoms with E-state index in [0.717, 1.165) is 16.7 Å². The van der Waals surface area contributed by atoms with Crippen LogP contribution in [0, 0.1) is 0 Å². The van der Waals surface area contributed by atoms with Crippen molar-refractivity contribution in [1.29, 1.82) is 0 Å². The number of rotatable bonds is 4. The topological polar surface area (TPSA) is 64.6 Å². The summed E-state index contributed by atoms with van der Waals surface area (Å²) in [5, 5.41) is 0. The van der Waals surface area contributed by atoms with Gasteiger partial charge in [-0.2, -0.15) is 0 Å². The van der Waals surface area contributed by atoms with Crippen LogP contribution in [0.4, 0.5) is 0 Å². The summed E-state index contributed by atoms with van der Waals surface area (Å²) in [5.41, 5.74) is 2.55. The number of ether oxygens (including phenoxy) is 2. The molecule has 6 heteroatoms. The molecule has 24 heavy (non-hydrogen) atoms. The summed E-state index contributed by atoms with van der Waals surface area (Å²) in [6, 6.07) is 11.1. The fourth-order valence-electron chi connectivity index (χ4n) is 3.33. The highest BCUT2D eigenvalue weighted by atomic mass is 32.2. The lowest BCUT2D eigenvalue weighted by molar-refractivity contribution is 0.347. The van der Waals surface area contributed by atoms with Gasteiger partial charge in [0.15, 0.2) is 0 Å². The molecule has 1 unspecified atom stereocenters. The van der Waals surface area contributed by atoms with Crippen molar-refractivity contribution in [2.24, 2.45) is 0 Å². The molecule has 2 aliphatic heterocycles. The summed E-state index contributed by atoms with van der Waals surface area (Å²) in [6.07, 6.45) is 1.30. The second kappa shape index (κ2) is 5.79. The summed E-state index contributed by atoms with van der Waals surface area (Å²) in [6.45, 7) is 2.86. The van der Waals surface area contributed by atoms with Gasteiger partial charge >= 0.3 is 0 Å². The van der Waals surface area contributed by atoms with Gasteiger partial charge in [0, 0.05) is 30.0 Å². The second-order valence-corrected chi connectivity index (χ2v) is 7.77. The Morgan fingerprint density at radius 2 is 1.83 bits per heavy atom. The molecule has 126 valence electrons. The molecular weight excluding hydrogens is 326 g/mol. The summed E-state index contributed by atoms with van der Waals surface area (Å²) >= 11 is 0. The maximum Gasteiger partial charge on any atom is 0.245 e. The van der Waals surface area contributed by atoms with Crippen molar-refractivity contribution in [3.8, 4) is 11.5 Å². The average Bonchev–Trinajstić information content (AvgIpc) is 3.20. The van der Waals surface area contributed by atoms with Crippen molar-refractivity contribution in [3.63, 3.8) is 0 Å². The lowest BCUT2D eigenvalue weighted by Crippen LogP contribution is -2.28. The molecule has 5 nitrogen and oxygen atoms in total. The first-order chi connectivity index (χ1) is 11.6. The first kappa shape index (κ1) is 15.5. The molecule has 1 atom stereocenters. The third kappa shape index (κ3) is 2.56. The third-order valence-corrected chi connectivity index (χ3v) is 6.14. The van der Waals surface area contributed by atoms with Crippen LogP contribution in [-0.4, -0.2) is 21.6 Å². The Bertz CT molecular complexity index is 845. The predicted octanol–water partition coefficient (Wildman–Crippen LogP) is 2.60. The minimum atomic E-state index is -3.71. The zero-order valence-electron chi connectivity index (χ0n) is 13.4. The van der Waals surface area contributed by atoms with E-state index in [4.69, 9.17) is 9.47 Å². The molecule has 0 spiro atoms. The van der Waals surface area contributed by atoms with E-state index in [-0.39, 0.29) is 10.9 Å². The molecule has 2 aliphatic rings. The number of benzene rings is 2. The molecule has 2 heterocycles. The quantitative estimate of drug-likeness (QED) is 0.925. The average molecular weight is 345 g/mol. The van der Waals surface area contributed by atoms with Crippen molar-refractivity contribution in [1.82, 2.24) is 4.72 Å². The Kier molecular flexibility index (Phi) is 3.73. The first-order valence-corrected chi connectivity index (χ1v) is 9.56. The molecule has 2 aromatic carbocycles. The SMILES string of the molecule is CC(NS(=O)(=O)c1c2c(cc3c1OCC3)OCC2)c1ccccc1. The smallest absolute Gasteiger partial charge is 0.245 e. The zero-order chi connectivity index (χ0) is 16.7. The normalized spacial score (nSPS) is 16.9. The van der Waals surface area contributed by atoms with Crippen molar-refractivity contribution in [2.45, 2.75) is 30.7 Å². The van der Waals surface area contributed by atoms with Crippen LogP contribution < -0.4 is 14.2 Å². The van der Waals surface area contributed by atoms with Gasteiger partial charge in [0.25, 0.3) is 0 Å². The maximum absolute atomic E-state index is 13.1. The third-order valence-electron chi connectivity index (χ3n) is 4.50. The second-order valence-electron chi connectivity index (χ2n) is 6.12. The number of hydrogen-bond donors (Lipinski definition) is 1. The van der Waals surface area contributed by atoms with Crippen molar-refractivity contribution >= 4 is 10.0 Å². The summed E-state index contributed by atoms with van der Waals surface area (Å²) < 4.78 is 40.2. The van der Waals surface area contributed by atoms with E-state index in [9.17, 15) is 8.42 Å². The zero-order valence-corrected chi connectivity index (χ0v) is 14.2. The Morgan fingerprint density at radius 1 is 1.08 bits per heavy atom. The number of nitrogens with one attached hydrogen (secondary N) is 1. The molecular formula is C18H19NO4S. The molecule has 0 saturated carbocycles. The van der Waals surface area contributed by atoms with Gasteiger partial charge in [-0.25, -0.2) is 13.1 Å². The van der Waals surface area contributed by atoms with E-state index in [1.54, 1.807) is 0 Å². The molecule has 4 rings (SSSR count). The molecule has 0 aromatic heterocycles. The highest BCUT2D eigenvalue weighted by Gasteiger charge is 2.34. The van der Waals surface area contributed by atoms with Crippen LogP contribution in [0.1, 0.15) is 29.7 Å². The van der Waals surface area contributed by atoms with Crippen LogP contribution in [0.25, 0.3) is 0 Å². The van der Waals surface area contributed by atoms with E-state index < -0.39 is 10.0 Å². The molecule has 1 N–H and O–H groups in total. The van der Waals surface area contributed by atoms with E-state index >= 15 is 0 Å². The van der Waals surface area contributed by atoms with Crippen LogP contribution in [0.15, 0.2) is 41.3 Å². The fraction of sp³-hybridized carbons (Fsp3) is 0.333. The van der Waals surface area contributed by atoms with E-state index in [0.29, 0.717) is 37.6 Å². The number of sulfonamides is 1. The maximum atomic E-state index is 13.1. The van der Waals surface area contributed by atoms with E-state index in [2.05, 4.69) is 4.72 Å². The van der Waals surface area contributed by atoms with Gasteiger partial charge in [-0.1, -0.05) is 30.3 Å². The molecule has 0 radical (unpaired) electrons. The summed E-state index contributed by atoms with van der Waals surface area (Å²) in [4.78, 5) is 0.257. The Labute approximate surface area is 141 Å². The minimum Gasteiger partial charge on any atom is -0.493 e. The predicted molar refractivity (Wildman–Crippen MR) is 90.0 cm³/mol. The molecule has 0 aliphatic carbocycles. The summed E-state index contributed by atoms with van der Waals surface area (Å²) in [5.74, 6) is 1.17. The van der Waals surface area contributed by atoms with Crippen molar-refractivity contribution < 1.29 is 17.9 Å². The van der Waals surface area contributed by atoms with Gasteiger partial charge in [-0.15, -0.1) is 0 Å². The highest BCUT2D eigenvalue weighted by molar-refractivity contribution is 7.89. The number of fused-ring (bicyclic) bond motifs is 2. The fourth-order valence-corrected chi connectivity index (χ4v) is 5.01. The number of hydrogen-bond acceptors (Lipinski definition) is 4. The highest BCUT2D eigenvalue weighted by Crippen LogP contribution is 2.43. The Morgan fingerprint density at radius 3 is 2.62 bits per heavy atom. The van der Waals surface area contributed by atoms with Gasteiger partial charge in [-0.3, -0.25) is 0 Å². The van der Waals surface area contributed by atoms with Crippen LogP contribution >= 0.6 is 0 Å². The van der Waals surface area contributed by atoms with E-state index in [1.807, 2.05) is 43.3 Å². The van der Waals surface area contributed by atoms with Crippen LogP contribution in [-0.2, 0) is 22.9 Å². The standard InChI is InChI=1S/C18H19NO4S/c1-12(13-5-3-2-4-6-13)19-24(20,21)18-15-8-10-22-16(15)11-14-7-9-23-17(14)18/h2-6,11-12,19H,7-10H2,1H3. The van der Waals surface area contributed by atoms with Gasteiger partial charge in [0.2, 0.25) is 10.0 Å². The van der Waals surface area contributed by atoms with Gasteiger partial charge < -0.3 is 9.47 Å². The van der Waals surface area contributed by atoms with Crippen LogP contribution in [0.3, 0.4) is 0 Å². The minimum absolute atomic E-state index is 0.257.